The van der Waals surface area contributed by atoms with Crippen molar-refractivity contribution in [1.82, 2.24) is 19.6 Å². The van der Waals surface area contributed by atoms with Gasteiger partial charge in [-0.1, -0.05) is 6.92 Å². The molecule has 1 saturated heterocycles. The van der Waals surface area contributed by atoms with Crippen LogP contribution in [0.4, 0.5) is 0 Å². The van der Waals surface area contributed by atoms with Crippen LogP contribution in [0, 0.1) is 0 Å². The number of piperazine rings is 1. The van der Waals surface area contributed by atoms with Gasteiger partial charge in [-0.2, -0.15) is 5.10 Å². The molecule has 0 radical (unpaired) electrons. The number of aromatic nitrogens is 2. The third-order valence-electron chi connectivity index (χ3n) is 4.11. The molecule has 8 heteroatoms. The SMILES string of the molecule is CCCn1nc(C(=O)N2CCN(C(=O)c3ccco3)CC2)ccc1=O. The number of amides is 2. The highest BCUT2D eigenvalue weighted by Gasteiger charge is 2.27. The Hall–Kier alpha value is -2.90. The summed E-state index contributed by atoms with van der Waals surface area (Å²) in [6, 6.07) is 6.12. The van der Waals surface area contributed by atoms with Crippen molar-refractivity contribution in [2.24, 2.45) is 0 Å². The molecule has 1 aliphatic rings. The van der Waals surface area contributed by atoms with Crippen molar-refractivity contribution in [2.75, 3.05) is 26.2 Å². The number of rotatable bonds is 4. The largest absolute Gasteiger partial charge is 0.459 e. The Morgan fingerprint density at radius 1 is 1.08 bits per heavy atom. The molecule has 0 bridgehead atoms. The van der Waals surface area contributed by atoms with Crippen LogP contribution in [0.2, 0.25) is 0 Å². The van der Waals surface area contributed by atoms with Crippen LogP contribution in [0.3, 0.4) is 0 Å². The maximum Gasteiger partial charge on any atom is 0.289 e. The number of aryl methyl sites for hydroxylation is 1. The molecule has 0 atom stereocenters. The van der Waals surface area contributed by atoms with Crippen molar-refractivity contribution in [3.8, 4) is 0 Å². The van der Waals surface area contributed by atoms with E-state index in [1.165, 1.54) is 23.1 Å². The minimum Gasteiger partial charge on any atom is -0.459 e. The van der Waals surface area contributed by atoms with Crippen LogP contribution in [0.5, 0.6) is 0 Å². The monoisotopic (exact) mass is 344 g/mol. The van der Waals surface area contributed by atoms with Gasteiger partial charge in [0.1, 0.15) is 5.69 Å². The topological polar surface area (TPSA) is 88.7 Å². The molecule has 2 aromatic rings. The summed E-state index contributed by atoms with van der Waals surface area (Å²) >= 11 is 0. The Bertz CT molecular complexity index is 804. The molecule has 3 rings (SSSR count). The van der Waals surface area contributed by atoms with E-state index in [9.17, 15) is 14.4 Å². The van der Waals surface area contributed by atoms with E-state index in [2.05, 4.69) is 5.10 Å². The highest BCUT2D eigenvalue weighted by molar-refractivity contribution is 5.93. The van der Waals surface area contributed by atoms with E-state index in [0.29, 0.717) is 38.5 Å². The second kappa shape index (κ2) is 7.33. The van der Waals surface area contributed by atoms with Gasteiger partial charge in [-0.15, -0.1) is 0 Å². The average Bonchev–Trinajstić information content (AvgIpc) is 3.17. The molecule has 0 aliphatic carbocycles. The fourth-order valence-corrected chi connectivity index (χ4v) is 2.77. The third kappa shape index (κ3) is 3.62. The van der Waals surface area contributed by atoms with E-state index in [0.717, 1.165) is 6.42 Å². The maximum absolute atomic E-state index is 12.6. The molecule has 132 valence electrons. The quantitative estimate of drug-likeness (QED) is 0.820. The molecular formula is C17H20N4O4. The second-order valence-electron chi connectivity index (χ2n) is 5.84. The van der Waals surface area contributed by atoms with Crippen molar-refractivity contribution in [3.05, 3.63) is 52.3 Å². The Morgan fingerprint density at radius 2 is 1.76 bits per heavy atom. The summed E-state index contributed by atoms with van der Waals surface area (Å²) in [4.78, 5) is 39.9. The highest BCUT2D eigenvalue weighted by atomic mass is 16.3. The molecule has 25 heavy (non-hydrogen) atoms. The molecule has 1 aliphatic heterocycles. The van der Waals surface area contributed by atoms with Crippen LogP contribution in [0.15, 0.2) is 39.7 Å². The van der Waals surface area contributed by atoms with E-state index in [1.807, 2.05) is 6.92 Å². The summed E-state index contributed by atoms with van der Waals surface area (Å²) in [5.74, 6) is -0.102. The zero-order valence-corrected chi connectivity index (χ0v) is 14.1. The van der Waals surface area contributed by atoms with E-state index >= 15 is 0 Å². The normalized spacial score (nSPS) is 14.6. The number of hydrogen-bond acceptors (Lipinski definition) is 5. The fourth-order valence-electron chi connectivity index (χ4n) is 2.77. The molecule has 0 aromatic carbocycles. The van der Waals surface area contributed by atoms with E-state index in [1.54, 1.807) is 21.9 Å². The lowest BCUT2D eigenvalue weighted by molar-refractivity contribution is 0.0514. The van der Waals surface area contributed by atoms with Crippen LogP contribution in [0.1, 0.15) is 34.4 Å². The zero-order valence-electron chi connectivity index (χ0n) is 14.1. The molecule has 3 heterocycles. The molecular weight excluding hydrogens is 324 g/mol. The number of furan rings is 1. The molecule has 0 saturated carbocycles. The van der Waals surface area contributed by atoms with Gasteiger partial charge in [-0.05, 0) is 24.6 Å². The van der Waals surface area contributed by atoms with Crippen molar-refractivity contribution in [3.63, 3.8) is 0 Å². The number of hydrogen-bond donors (Lipinski definition) is 0. The molecule has 2 aromatic heterocycles. The van der Waals surface area contributed by atoms with Crippen LogP contribution >= 0.6 is 0 Å². The van der Waals surface area contributed by atoms with Gasteiger partial charge < -0.3 is 14.2 Å². The lowest BCUT2D eigenvalue weighted by atomic mass is 10.2. The van der Waals surface area contributed by atoms with Gasteiger partial charge in [0.15, 0.2) is 5.76 Å². The smallest absolute Gasteiger partial charge is 0.289 e. The van der Waals surface area contributed by atoms with Gasteiger partial charge in [0.05, 0.1) is 6.26 Å². The van der Waals surface area contributed by atoms with Crippen LogP contribution < -0.4 is 5.56 Å². The van der Waals surface area contributed by atoms with Crippen molar-refractivity contribution >= 4 is 11.8 Å². The number of carbonyl (C=O) groups excluding carboxylic acids is 2. The minimum absolute atomic E-state index is 0.174. The minimum atomic E-state index is -0.227. The lowest BCUT2D eigenvalue weighted by Gasteiger charge is -2.34. The Kier molecular flexibility index (Phi) is 4.97. The summed E-state index contributed by atoms with van der Waals surface area (Å²) < 4.78 is 6.43. The van der Waals surface area contributed by atoms with Crippen molar-refractivity contribution in [1.29, 1.82) is 0 Å². The lowest BCUT2D eigenvalue weighted by Crippen LogP contribution is -2.50. The fraction of sp³-hybridized carbons (Fsp3) is 0.412. The Balaban J connectivity index is 1.64. The van der Waals surface area contributed by atoms with Gasteiger partial charge in [0, 0.05) is 38.8 Å². The molecule has 0 unspecified atom stereocenters. The van der Waals surface area contributed by atoms with E-state index in [-0.39, 0.29) is 23.1 Å². The highest BCUT2D eigenvalue weighted by Crippen LogP contribution is 2.11. The van der Waals surface area contributed by atoms with Crippen LogP contribution in [-0.2, 0) is 6.54 Å². The summed E-state index contributed by atoms with van der Waals surface area (Å²) in [6.07, 6.45) is 2.22. The zero-order chi connectivity index (χ0) is 17.8. The molecule has 0 spiro atoms. The number of carbonyl (C=O) groups is 2. The molecule has 8 nitrogen and oxygen atoms in total. The first-order chi connectivity index (χ1) is 12.1. The van der Waals surface area contributed by atoms with Gasteiger partial charge in [0.2, 0.25) is 0 Å². The Labute approximate surface area is 144 Å². The molecule has 0 N–H and O–H groups in total. The van der Waals surface area contributed by atoms with Gasteiger partial charge in [-0.3, -0.25) is 14.4 Å². The van der Waals surface area contributed by atoms with E-state index < -0.39 is 0 Å². The third-order valence-corrected chi connectivity index (χ3v) is 4.11. The first-order valence-electron chi connectivity index (χ1n) is 8.30. The number of nitrogens with zero attached hydrogens (tertiary/aromatic N) is 4. The van der Waals surface area contributed by atoms with Gasteiger partial charge >= 0.3 is 0 Å². The maximum atomic E-state index is 12.6. The predicted molar refractivity (Wildman–Crippen MR) is 89.3 cm³/mol. The van der Waals surface area contributed by atoms with Crippen molar-refractivity contribution < 1.29 is 14.0 Å². The Morgan fingerprint density at radius 3 is 2.36 bits per heavy atom. The van der Waals surface area contributed by atoms with Gasteiger partial charge in [0.25, 0.3) is 17.4 Å². The molecule has 1 fully saturated rings. The standard InChI is InChI=1S/C17H20N4O4/c1-2-7-21-15(22)6-5-13(18-21)16(23)19-8-10-20(11-9-19)17(24)14-4-3-12-25-14/h3-6,12H,2,7-11H2,1H3. The molecule has 2 amide bonds. The summed E-state index contributed by atoms with van der Waals surface area (Å²) in [7, 11) is 0. The summed E-state index contributed by atoms with van der Waals surface area (Å²) in [5.41, 5.74) is 0.0334. The predicted octanol–water partition coefficient (Wildman–Crippen LogP) is 0.844. The van der Waals surface area contributed by atoms with Gasteiger partial charge in [-0.25, -0.2) is 4.68 Å². The summed E-state index contributed by atoms with van der Waals surface area (Å²) in [5, 5.41) is 4.15. The average molecular weight is 344 g/mol. The first kappa shape index (κ1) is 16.9. The van der Waals surface area contributed by atoms with Crippen LogP contribution in [0.25, 0.3) is 0 Å². The second-order valence-corrected chi connectivity index (χ2v) is 5.84. The van der Waals surface area contributed by atoms with Crippen molar-refractivity contribution in [2.45, 2.75) is 19.9 Å². The summed E-state index contributed by atoms with van der Waals surface area (Å²) in [6.45, 7) is 4.11. The van der Waals surface area contributed by atoms with E-state index in [4.69, 9.17) is 4.42 Å². The van der Waals surface area contributed by atoms with Crippen LogP contribution in [-0.4, -0.2) is 57.6 Å². The first-order valence-corrected chi connectivity index (χ1v) is 8.30.